The number of nitrogens with zero attached hydrogens (tertiary/aromatic N) is 4. The number of hydrogen-bond donors (Lipinski definition) is 1. The molecule has 0 aliphatic heterocycles. The lowest BCUT2D eigenvalue weighted by Gasteiger charge is -2.09. The summed E-state index contributed by atoms with van der Waals surface area (Å²) in [6.45, 7) is 2.98. The Kier molecular flexibility index (Phi) is 4.73. The maximum absolute atomic E-state index is 12.8. The van der Waals surface area contributed by atoms with Crippen LogP contribution >= 0.6 is 0 Å². The molecule has 1 aromatic carbocycles. The molecule has 0 amide bonds. The van der Waals surface area contributed by atoms with Crippen molar-refractivity contribution in [3.63, 3.8) is 0 Å². The Labute approximate surface area is 141 Å². The maximum Gasteiger partial charge on any atom is 0.453 e. The van der Waals surface area contributed by atoms with E-state index in [4.69, 9.17) is 4.74 Å². The number of halogens is 3. The van der Waals surface area contributed by atoms with Gasteiger partial charge < -0.3 is 10.1 Å². The summed E-state index contributed by atoms with van der Waals surface area (Å²) in [5.41, 5.74) is 1.16. The largest absolute Gasteiger partial charge is 0.494 e. The minimum absolute atomic E-state index is 0.0423. The van der Waals surface area contributed by atoms with Gasteiger partial charge in [-0.05, 0) is 43.2 Å². The minimum atomic E-state index is -4.60. The third kappa shape index (κ3) is 4.17. The molecule has 0 radical (unpaired) electrons. The van der Waals surface area contributed by atoms with Crippen molar-refractivity contribution in [2.24, 2.45) is 0 Å². The molecule has 1 N–H and O–H groups in total. The molecule has 0 spiro atoms. The zero-order chi connectivity index (χ0) is 17.9. The van der Waals surface area contributed by atoms with Crippen LogP contribution < -0.4 is 10.1 Å². The Morgan fingerprint density at radius 3 is 2.76 bits per heavy atom. The smallest absolute Gasteiger partial charge is 0.453 e. The lowest BCUT2D eigenvalue weighted by Crippen LogP contribution is -2.14. The molecule has 25 heavy (non-hydrogen) atoms. The van der Waals surface area contributed by atoms with Gasteiger partial charge in [-0.25, -0.2) is 0 Å². The van der Waals surface area contributed by atoms with E-state index in [1.165, 1.54) is 6.07 Å². The predicted molar refractivity (Wildman–Crippen MR) is 85.6 cm³/mol. The molecule has 132 valence electrons. The van der Waals surface area contributed by atoms with Gasteiger partial charge in [0.15, 0.2) is 5.65 Å². The molecule has 0 aliphatic rings. The molecule has 0 bridgehead atoms. The van der Waals surface area contributed by atoms with E-state index < -0.39 is 12.0 Å². The van der Waals surface area contributed by atoms with Crippen molar-refractivity contribution in [2.45, 2.75) is 19.5 Å². The number of fused-ring (bicyclic) bond motifs is 1. The number of aryl methyl sites for hydroxylation is 1. The lowest BCUT2D eigenvalue weighted by molar-refractivity contribution is -0.146. The van der Waals surface area contributed by atoms with E-state index >= 15 is 0 Å². The van der Waals surface area contributed by atoms with Crippen LogP contribution in [0.15, 0.2) is 36.4 Å². The number of benzene rings is 1. The number of hydrogen-bond acceptors (Lipinski definition) is 5. The van der Waals surface area contributed by atoms with E-state index in [9.17, 15) is 13.2 Å². The molecule has 2 heterocycles. The number of rotatable bonds is 6. The molecule has 0 fully saturated rings. The summed E-state index contributed by atoms with van der Waals surface area (Å²) in [6.07, 6.45) is -3.94. The van der Waals surface area contributed by atoms with Crippen LogP contribution in [-0.2, 0) is 6.18 Å². The Hall–Kier alpha value is -2.84. The van der Waals surface area contributed by atoms with Gasteiger partial charge in [0, 0.05) is 6.54 Å². The van der Waals surface area contributed by atoms with E-state index in [1.54, 1.807) is 6.07 Å². The highest BCUT2D eigenvalue weighted by Gasteiger charge is 2.37. The predicted octanol–water partition coefficient (Wildman–Crippen LogP) is 3.33. The van der Waals surface area contributed by atoms with E-state index in [2.05, 4.69) is 20.6 Å². The third-order valence-corrected chi connectivity index (χ3v) is 3.40. The Morgan fingerprint density at radius 2 is 2.00 bits per heavy atom. The topological polar surface area (TPSA) is 64.3 Å². The summed E-state index contributed by atoms with van der Waals surface area (Å²) in [5, 5.41) is 13.5. The standard InChI is InChI=1S/C16H16F3N5O/c1-11-4-2-5-12(10-11)25-9-3-8-20-13-6-7-14-21-22-15(16(17,18)19)24(14)23-13/h2,4-7,10H,3,8-9H2,1H3,(H,20,23). The van der Waals surface area contributed by atoms with Gasteiger partial charge in [-0.1, -0.05) is 12.1 Å². The Morgan fingerprint density at radius 1 is 1.16 bits per heavy atom. The van der Waals surface area contributed by atoms with Crippen LogP contribution in [0.3, 0.4) is 0 Å². The zero-order valence-corrected chi connectivity index (χ0v) is 13.4. The highest BCUT2D eigenvalue weighted by atomic mass is 19.4. The monoisotopic (exact) mass is 351 g/mol. The molecule has 0 unspecified atom stereocenters. The third-order valence-electron chi connectivity index (χ3n) is 3.40. The molecule has 0 aliphatic carbocycles. The first kappa shape index (κ1) is 17.0. The van der Waals surface area contributed by atoms with E-state index in [-0.39, 0.29) is 5.65 Å². The molecular formula is C16H16F3N5O. The molecule has 9 heteroatoms. The van der Waals surface area contributed by atoms with Gasteiger partial charge in [0.1, 0.15) is 11.6 Å². The van der Waals surface area contributed by atoms with Crippen LogP contribution in [0.25, 0.3) is 5.65 Å². The van der Waals surface area contributed by atoms with Crippen molar-refractivity contribution >= 4 is 11.5 Å². The van der Waals surface area contributed by atoms with Crippen LogP contribution in [0.5, 0.6) is 5.75 Å². The lowest BCUT2D eigenvalue weighted by atomic mass is 10.2. The summed E-state index contributed by atoms with van der Waals surface area (Å²) >= 11 is 0. The number of anilines is 1. The fraction of sp³-hybridized carbons (Fsp3) is 0.312. The summed E-state index contributed by atoms with van der Waals surface area (Å²) in [6, 6.07) is 10.7. The summed E-state index contributed by atoms with van der Waals surface area (Å²) in [5.74, 6) is -0.0406. The van der Waals surface area contributed by atoms with Crippen LogP contribution in [0.4, 0.5) is 19.0 Å². The van der Waals surface area contributed by atoms with Crippen LogP contribution in [-0.4, -0.2) is 33.0 Å². The van der Waals surface area contributed by atoms with Gasteiger partial charge in [0.2, 0.25) is 0 Å². The SMILES string of the molecule is Cc1cccc(OCCCNc2ccc3nnc(C(F)(F)F)n3n2)c1. The van der Waals surface area contributed by atoms with E-state index in [0.717, 1.165) is 11.3 Å². The minimum Gasteiger partial charge on any atom is -0.494 e. The molecule has 2 aromatic heterocycles. The van der Waals surface area contributed by atoms with Crippen molar-refractivity contribution in [2.75, 3.05) is 18.5 Å². The van der Waals surface area contributed by atoms with Gasteiger partial charge in [-0.2, -0.15) is 17.7 Å². The van der Waals surface area contributed by atoms with Gasteiger partial charge in [-0.15, -0.1) is 15.3 Å². The number of alkyl halides is 3. The first-order chi connectivity index (χ1) is 11.9. The molecule has 0 saturated carbocycles. The normalized spacial score (nSPS) is 11.7. The van der Waals surface area contributed by atoms with Crippen molar-refractivity contribution in [3.05, 3.63) is 47.8 Å². The van der Waals surface area contributed by atoms with Crippen LogP contribution in [0.1, 0.15) is 17.8 Å². The van der Waals surface area contributed by atoms with Crippen molar-refractivity contribution in [3.8, 4) is 5.75 Å². The van der Waals surface area contributed by atoms with E-state index in [1.807, 2.05) is 31.2 Å². The first-order valence-electron chi connectivity index (χ1n) is 7.66. The summed E-state index contributed by atoms with van der Waals surface area (Å²) < 4.78 is 44.8. The van der Waals surface area contributed by atoms with E-state index in [0.29, 0.717) is 29.9 Å². The second-order valence-electron chi connectivity index (χ2n) is 5.46. The first-order valence-corrected chi connectivity index (χ1v) is 7.66. The van der Waals surface area contributed by atoms with Crippen molar-refractivity contribution < 1.29 is 17.9 Å². The number of nitrogens with one attached hydrogen (secondary N) is 1. The average molecular weight is 351 g/mol. The van der Waals surface area contributed by atoms with Gasteiger partial charge in [-0.3, -0.25) is 0 Å². The molecule has 6 nitrogen and oxygen atoms in total. The highest BCUT2D eigenvalue weighted by Crippen LogP contribution is 2.27. The molecule has 3 aromatic rings. The Bertz CT molecular complexity index is 862. The van der Waals surface area contributed by atoms with Gasteiger partial charge in [0.25, 0.3) is 5.82 Å². The fourth-order valence-corrected chi connectivity index (χ4v) is 2.24. The number of ether oxygens (including phenoxy) is 1. The van der Waals surface area contributed by atoms with Crippen molar-refractivity contribution in [1.82, 2.24) is 19.8 Å². The Balaban J connectivity index is 1.55. The maximum atomic E-state index is 12.8. The van der Waals surface area contributed by atoms with Crippen molar-refractivity contribution in [1.29, 1.82) is 0 Å². The molecule has 3 rings (SSSR count). The highest BCUT2D eigenvalue weighted by molar-refractivity contribution is 5.44. The summed E-state index contributed by atoms with van der Waals surface area (Å²) in [4.78, 5) is 0. The van der Waals surface area contributed by atoms with Crippen LogP contribution in [0, 0.1) is 6.92 Å². The molecular weight excluding hydrogens is 335 g/mol. The molecule has 0 atom stereocenters. The zero-order valence-electron chi connectivity index (χ0n) is 13.4. The fourth-order valence-electron chi connectivity index (χ4n) is 2.24. The van der Waals surface area contributed by atoms with Crippen LogP contribution in [0.2, 0.25) is 0 Å². The van der Waals surface area contributed by atoms with Gasteiger partial charge >= 0.3 is 6.18 Å². The average Bonchev–Trinajstić information content (AvgIpc) is 2.98. The van der Waals surface area contributed by atoms with Gasteiger partial charge in [0.05, 0.1) is 6.61 Å². The second-order valence-corrected chi connectivity index (χ2v) is 5.46. The second kappa shape index (κ2) is 6.96. The molecule has 0 saturated heterocycles. The summed E-state index contributed by atoms with van der Waals surface area (Å²) in [7, 11) is 0. The number of aromatic nitrogens is 4. The quantitative estimate of drug-likeness (QED) is 0.690.